The second-order valence-corrected chi connectivity index (χ2v) is 7.50. The zero-order chi connectivity index (χ0) is 15.8. The van der Waals surface area contributed by atoms with Crippen LogP contribution in [0.15, 0.2) is 16.5 Å². The molecule has 0 saturated heterocycles. The van der Waals surface area contributed by atoms with Crippen LogP contribution >= 0.6 is 23.1 Å². The molecule has 1 N–H and O–H groups in total. The summed E-state index contributed by atoms with van der Waals surface area (Å²) in [6.07, 6.45) is 0. The number of anilines is 1. The molecule has 0 saturated carbocycles. The van der Waals surface area contributed by atoms with Crippen LogP contribution in [0.4, 0.5) is 5.13 Å². The average Bonchev–Trinajstić information content (AvgIpc) is 2.87. The van der Waals surface area contributed by atoms with Crippen molar-refractivity contribution in [1.29, 1.82) is 0 Å². The van der Waals surface area contributed by atoms with Gasteiger partial charge in [0.2, 0.25) is 11.0 Å². The molecule has 1 aromatic rings. The van der Waals surface area contributed by atoms with Crippen LogP contribution in [-0.2, 0) is 4.79 Å². The van der Waals surface area contributed by atoms with Gasteiger partial charge in [-0.1, -0.05) is 49.1 Å². The van der Waals surface area contributed by atoms with Crippen LogP contribution in [0, 0.1) is 5.92 Å². The van der Waals surface area contributed by atoms with E-state index in [0.717, 1.165) is 21.6 Å². The van der Waals surface area contributed by atoms with E-state index in [2.05, 4.69) is 35.9 Å². The number of carbonyl (C=O) groups excluding carboxylic acids is 1. The third-order valence-electron chi connectivity index (χ3n) is 2.58. The van der Waals surface area contributed by atoms with Crippen molar-refractivity contribution in [2.75, 3.05) is 30.7 Å². The number of hydrogen-bond acceptors (Lipinski definition) is 6. The molecule has 0 unspecified atom stereocenters. The van der Waals surface area contributed by atoms with Crippen molar-refractivity contribution in [2.45, 2.75) is 32.0 Å². The first-order chi connectivity index (χ1) is 9.92. The molecule has 0 aliphatic rings. The van der Waals surface area contributed by atoms with Crippen molar-refractivity contribution in [2.24, 2.45) is 5.92 Å². The lowest BCUT2D eigenvalue weighted by Crippen LogP contribution is -2.33. The van der Waals surface area contributed by atoms with E-state index in [9.17, 15) is 4.79 Å². The highest BCUT2D eigenvalue weighted by molar-refractivity contribution is 8.01. The molecule has 7 heteroatoms. The Morgan fingerprint density at radius 3 is 2.76 bits per heavy atom. The summed E-state index contributed by atoms with van der Waals surface area (Å²) in [5.41, 5.74) is 0.992. The largest absolute Gasteiger partial charge is 0.360 e. The summed E-state index contributed by atoms with van der Waals surface area (Å²) in [6, 6.07) is 0. The fourth-order valence-corrected chi connectivity index (χ4v) is 3.21. The summed E-state index contributed by atoms with van der Waals surface area (Å²) < 4.78 is 0.820. The van der Waals surface area contributed by atoms with E-state index in [0.29, 0.717) is 24.8 Å². The maximum absolute atomic E-state index is 12.1. The van der Waals surface area contributed by atoms with E-state index >= 15 is 0 Å². The number of hydrogen-bond donors (Lipinski definition) is 1. The maximum Gasteiger partial charge on any atom is 0.233 e. The number of carbonyl (C=O) groups is 1. The standard InChI is InChI=1S/C14H24N4OS2/c1-6-18(8-11(4)5)12(19)9-20-14-17-16-13(21-14)15-7-10(2)3/h10H,4,6-9H2,1-3,5H3,(H,15,16). The van der Waals surface area contributed by atoms with Gasteiger partial charge in [0.15, 0.2) is 4.34 Å². The Morgan fingerprint density at radius 2 is 2.19 bits per heavy atom. The molecule has 0 aliphatic carbocycles. The van der Waals surface area contributed by atoms with Crippen LogP contribution in [0.25, 0.3) is 0 Å². The number of nitrogens with zero attached hydrogens (tertiary/aromatic N) is 3. The van der Waals surface area contributed by atoms with Gasteiger partial charge >= 0.3 is 0 Å². The highest BCUT2D eigenvalue weighted by atomic mass is 32.2. The van der Waals surface area contributed by atoms with Gasteiger partial charge in [-0.25, -0.2) is 0 Å². The normalized spacial score (nSPS) is 10.7. The number of rotatable bonds is 9. The van der Waals surface area contributed by atoms with Crippen molar-refractivity contribution in [3.05, 3.63) is 12.2 Å². The van der Waals surface area contributed by atoms with Crippen LogP contribution in [-0.4, -0.2) is 46.4 Å². The minimum absolute atomic E-state index is 0.109. The molecule has 0 aromatic carbocycles. The SMILES string of the molecule is C=C(C)CN(CC)C(=O)CSc1nnc(NCC(C)C)s1. The molecule has 0 spiro atoms. The smallest absolute Gasteiger partial charge is 0.233 e. The first kappa shape index (κ1) is 18.0. The van der Waals surface area contributed by atoms with Gasteiger partial charge in [0.25, 0.3) is 0 Å². The van der Waals surface area contributed by atoms with Crippen molar-refractivity contribution in [1.82, 2.24) is 15.1 Å². The van der Waals surface area contributed by atoms with E-state index in [1.165, 1.54) is 23.1 Å². The molecular formula is C14H24N4OS2. The third-order valence-corrected chi connectivity index (χ3v) is 4.58. The first-order valence-corrected chi connectivity index (χ1v) is 8.84. The maximum atomic E-state index is 12.1. The van der Waals surface area contributed by atoms with Crippen molar-refractivity contribution >= 4 is 34.1 Å². The molecule has 0 atom stereocenters. The van der Waals surface area contributed by atoms with Crippen molar-refractivity contribution in [3.63, 3.8) is 0 Å². The fraction of sp³-hybridized carbons (Fsp3) is 0.643. The number of nitrogens with one attached hydrogen (secondary N) is 1. The molecule has 1 aromatic heterocycles. The van der Waals surface area contributed by atoms with Gasteiger partial charge in [-0.05, 0) is 19.8 Å². The predicted molar refractivity (Wildman–Crippen MR) is 91.0 cm³/mol. The Hall–Kier alpha value is -1.08. The average molecular weight is 329 g/mol. The van der Waals surface area contributed by atoms with Gasteiger partial charge in [-0.2, -0.15) is 0 Å². The Labute approximate surface area is 135 Å². The fourth-order valence-electron chi connectivity index (χ4n) is 1.55. The van der Waals surface area contributed by atoms with Crippen molar-refractivity contribution < 1.29 is 4.79 Å². The lowest BCUT2D eigenvalue weighted by atomic mass is 10.2. The molecule has 0 aliphatic heterocycles. The highest BCUT2D eigenvalue weighted by Gasteiger charge is 2.13. The van der Waals surface area contributed by atoms with Crippen LogP contribution in [0.3, 0.4) is 0 Å². The minimum Gasteiger partial charge on any atom is -0.360 e. The monoisotopic (exact) mass is 328 g/mol. The van der Waals surface area contributed by atoms with E-state index in [-0.39, 0.29) is 5.91 Å². The number of aromatic nitrogens is 2. The van der Waals surface area contributed by atoms with Crippen LogP contribution in [0.5, 0.6) is 0 Å². The van der Waals surface area contributed by atoms with Gasteiger partial charge in [0.1, 0.15) is 0 Å². The van der Waals surface area contributed by atoms with E-state index < -0.39 is 0 Å². The second-order valence-electron chi connectivity index (χ2n) is 5.30. The number of thioether (sulfide) groups is 1. The third kappa shape index (κ3) is 6.95. The molecule has 0 bridgehead atoms. The first-order valence-electron chi connectivity index (χ1n) is 7.04. The topological polar surface area (TPSA) is 58.1 Å². The lowest BCUT2D eigenvalue weighted by molar-refractivity contribution is -0.127. The Balaban J connectivity index is 2.43. The van der Waals surface area contributed by atoms with E-state index in [4.69, 9.17) is 0 Å². The molecule has 1 rings (SSSR count). The van der Waals surface area contributed by atoms with E-state index in [1.807, 2.05) is 13.8 Å². The van der Waals surface area contributed by atoms with Gasteiger partial charge in [0, 0.05) is 19.6 Å². The molecule has 118 valence electrons. The molecule has 21 heavy (non-hydrogen) atoms. The number of likely N-dealkylation sites (N-methyl/N-ethyl adjacent to an activating group) is 1. The zero-order valence-corrected chi connectivity index (χ0v) is 14.8. The quantitative estimate of drug-likeness (QED) is 0.557. The number of amides is 1. The Morgan fingerprint density at radius 1 is 1.48 bits per heavy atom. The molecule has 0 radical (unpaired) electrons. The minimum atomic E-state index is 0.109. The van der Waals surface area contributed by atoms with Gasteiger partial charge < -0.3 is 10.2 Å². The molecule has 1 heterocycles. The second kappa shape index (κ2) is 9.04. The molecule has 0 fully saturated rings. The highest BCUT2D eigenvalue weighted by Crippen LogP contribution is 2.25. The summed E-state index contributed by atoms with van der Waals surface area (Å²) >= 11 is 2.93. The zero-order valence-electron chi connectivity index (χ0n) is 13.2. The Kier molecular flexibility index (Phi) is 7.74. The molecular weight excluding hydrogens is 304 g/mol. The lowest BCUT2D eigenvalue weighted by Gasteiger charge is -2.20. The molecule has 5 nitrogen and oxygen atoms in total. The predicted octanol–water partition coefficient (Wildman–Crippen LogP) is 3.12. The summed E-state index contributed by atoms with van der Waals surface area (Å²) in [5, 5.41) is 12.2. The summed E-state index contributed by atoms with van der Waals surface area (Å²) in [4.78, 5) is 13.9. The summed E-state index contributed by atoms with van der Waals surface area (Å²) in [7, 11) is 0. The van der Waals surface area contributed by atoms with Crippen LogP contribution in [0.1, 0.15) is 27.7 Å². The van der Waals surface area contributed by atoms with Gasteiger partial charge in [0.05, 0.1) is 5.75 Å². The summed E-state index contributed by atoms with van der Waals surface area (Å²) in [5.74, 6) is 1.06. The van der Waals surface area contributed by atoms with Crippen molar-refractivity contribution in [3.8, 4) is 0 Å². The molecule has 1 amide bonds. The van der Waals surface area contributed by atoms with E-state index in [1.54, 1.807) is 4.90 Å². The van der Waals surface area contributed by atoms with Gasteiger partial charge in [-0.15, -0.1) is 10.2 Å². The van der Waals surface area contributed by atoms with Gasteiger partial charge in [-0.3, -0.25) is 4.79 Å². The van der Waals surface area contributed by atoms with Crippen LogP contribution in [0.2, 0.25) is 0 Å². The van der Waals surface area contributed by atoms with Crippen LogP contribution < -0.4 is 5.32 Å². The Bertz CT molecular complexity index is 473. The summed E-state index contributed by atoms with van der Waals surface area (Å²) in [6.45, 7) is 14.2.